The van der Waals surface area contributed by atoms with Crippen molar-refractivity contribution in [3.8, 4) is 21.6 Å². The first-order valence-electron chi connectivity index (χ1n) is 27.4. The van der Waals surface area contributed by atoms with Crippen molar-refractivity contribution in [1.29, 1.82) is 0 Å². The highest BCUT2D eigenvalue weighted by atomic mass is 32.1. The Bertz CT molecular complexity index is 3010. The Balaban J connectivity index is 0.836. The number of aliphatic hydroxyl groups is 1. The highest BCUT2D eigenvalue weighted by Gasteiger charge is 2.44. The second-order valence-electron chi connectivity index (χ2n) is 22.2. The van der Waals surface area contributed by atoms with Crippen molar-refractivity contribution in [1.82, 2.24) is 40.6 Å². The second-order valence-corrected chi connectivity index (χ2v) is 23.1. The molecule has 3 aliphatic rings. The molecule has 3 saturated heterocycles. The molecule has 0 bridgehead atoms. The number of thiazole rings is 1. The molecule has 18 heteroatoms. The maximum absolute atomic E-state index is 14.2. The van der Waals surface area contributed by atoms with Crippen LogP contribution in [0, 0.1) is 33.1 Å². The van der Waals surface area contributed by atoms with Gasteiger partial charge in [0.1, 0.15) is 12.1 Å². The zero-order valence-electron chi connectivity index (χ0n) is 46.5. The number of carbonyl (C=O) groups excluding carboxylic acids is 5. The summed E-state index contributed by atoms with van der Waals surface area (Å²) in [6.07, 6.45) is 0.861. The van der Waals surface area contributed by atoms with Gasteiger partial charge >= 0.3 is 0 Å². The molecule has 17 nitrogen and oxygen atoms in total. The fourth-order valence-corrected chi connectivity index (χ4v) is 11.8. The summed E-state index contributed by atoms with van der Waals surface area (Å²) in [6, 6.07) is 20.7. The molecule has 0 saturated carbocycles. The van der Waals surface area contributed by atoms with Crippen molar-refractivity contribution in [2.24, 2.45) is 5.41 Å². The minimum atomic E-state index is -0.999. The van der Waals surface area contributed by atoms with Gasteiger partial charge < -0.3 is 45.5 Å². The molecule has 0 spiro atoms. The van der Waals surface area contributed by atoms with E-state index in [1.165, 1.54) is 4.90 Å². The first kappa shape index (κ1) is 57.4. The van der Waals surface area contributed by atoms with E-state index in [1.807, 2.05) is 90.4 Å². The molecule has 416 valence electrons. The molecule has 5 amide bonds. The van der Waals surface area contributed by atoms with Crippen molar-refractivity contribution >= 4 is 46.6 Å². The number of nitrogens with zero attached hydrogens (tertiary/aromatic N) is 5. The van der Waals surface area contributed by atoms with E-state index in [0.29, 0.717) is 57.1 Å². The minimum Gasteiger partial charge on any atom is -0.391 e. The van der Waals surface area contributed by atoms with Crippen LogP contribution < -0.4 is 26.4 Å². The van der Waals surface area contributed by atoms with Crippen LogP contribution in [-0.2, 0) is 43.5 Å². The number of anilines is 1. The highest BCUT2D eigenvalue weighted by Crippen LogP contribution is 2.35. The summed E-state index contributed by atoms with van der Waals surface area (Å²) in [5.74, 6) is -1.66. The van der Waals surface area contributed by atoms with Crippen LogP contribution in [0.25, 0.3) is 21.6 Å². The van der Waals surface area contributed by atoms with Crippen molar-refractivity contribution < 1.29 is 33.8 Å². The number of aromatic nitrogens is 2. The van der Waals surface area contributed by atoms with Gasteiger partial charge in [-0.15, -0.1) is 11.3 Å². The third-order valence-corrected chi connectivity index (χ3v) is 16.5. The smallest absolute Gasteiger partial charge is 0.253 e. The average molecular weight is 1080 g/mol. The number of amides is 5. The van der Waals surface area contributed by atoms with Gasteiger partial charge in [-0.3, -0.25) is 33.7 Å². The number of aromatic amines is 1. The monoisotopic (exact) mass is 1080 g/mol. The number of β-amino-alcohol motifs (C(OH)–C–C–N with tert-alkyl or cyclic N) is 1. The molecule has 0 radical (unpaired) electrons. The number of pyridine rings is 1. The topological polar surface area (TPSA) is 210 Å². The number of piperazine rings is 1. The lowest BCUT2D eigenvalue weighted by Crippen LogP contribution is -2.57. The van der Waals surface area contributed by atoms with Crippen molar-refractivity contribution in [2.75, 3.05) is 57.4 Å². The summed E-state index contributed by atoms with van der Waals surface area (Å²) in [4.78, 5) is 97.8. The first-order valence-corrected chi connectivity index (χ1v) is 28.3. The van der Waals surface area contributed by atoms with Gasteiger partial charge in [-0.05, 0) is 110 Å². The number of aliphatic hydroxyl groups excluding tert-OH is 1. The normalized spacial score (nSPS) is 17.7. The lowest BCUT2D eigenvalue weighted by molar-refractivity contribution is -0.144. The predicted octanol–water partition coefficient (Wildman–Crippen LogP) is 6.57. The van der Waals surface area contributed by atoms with E-state index in [9.17, 15) is 33.9 Å². The average Bonchev–Trinajstić information content (AvgIpc) is 4.07. The maximum atomic E-state index is 14.2. The van der Waals surface area contributed by atoms with E-state index in [1.54, 1.807) is 16.2 Å². The number of aryl methyl sites for hydroxylation is 3. The summed E-state index contributed by atoms with van der Waals surface area (Å²) in [7, 11) is 0. The van der Waals surface area contributed by atoms with E-state index in [4.69, 9.17) is 4.74 Å². The summed E-state index contributed by atoms with van der Waals surface area (Å²) < 4.78 is 5.71. The van der Waals surface area contributed by atoms with Crippen LogP contribution in [0.5, 0.6) is 0 Å². The zero-order valence-corrected chi connectivity index (χ0v) is 47.3. The molecule has 5 aromatic rings. The summed E-state index contributed by atoms with van der Waals surface area (Å²) >= 11 is 1.57. The molecule has 5 heterocycles. The quantitative estimate of drug-likeness (QED) is 0.0634. The second kappa shape index (κ2) is 25.4. The number of H-pyrrole nitrogens is 1. The third-order valence-electron chi connectivity index (χ3n) is 15.5. The molecule has 78 heavy (non-hydrogen) atoms. The molecule has 3 aromatic carbocycles. The summed E-state index contributed by atoms with van der Waals surface area (Å²) in [5.41, 5.74) is 11.3. The minimum absolute atomic E-state index is 0.0158. The molecule has 8 rings (SSSR count). The molecular formula is C60H77N9O8S. The van der Waals surface area contributed by atoms with Crippen molar-refractivity contribution in [3.05, 3.63) is 127 Å². The van der Waals surface area contributed by atoms with E-state index in [0.717, 1.165) is 80.3 Å². The Kier molecular flexibility index (Phi) is 18.7. The lowest BCUT2D eigenvalue weighted by Gasteiger charge is -2.37. The number of nitrogens with one attached hydrogen (secondary N) is 4. The zero-order chi connectivity index (χ0) is 55.8. The van der Waals surface area contributed by atoms with Crippen LogP contribution in [0.1, 0.15) is 109 Å². The molecule has 0 unspecified atom stereocenters. The van der Waals surface area contributed by atoms with E-state index < -0.39 is 35.4 Å². The number of carbonyl (C=O) groups is 5. The Morgan fingerprint density at radius 2 is 1.54 bits per heavy atom. The Morgan fingerprint density at radius 1 is 0.859 bits per heavy atom. The lowest BCUT2D eigenvalue weighted by atomic mass is 9.85. The van der Waals surface area contributed by atoms with Gasteiger partial charge in [-0.25, -0.2) is 4.98 Å². The van der Waals surface area contributed by atoms with Crippen LogP contribution in [0.4, 0.5) is 5.69 Å². The van der Waals surface area contributed by atoms with Crippen LogP contribution in [0.3, 0.4) is 0 Å². The van der Waals surface area contributed by atoms with Crippen LogP contribution in [0.2, 0.25) is 0 Å². The van der Waals surface area contributed by atoms with E-state index in [2.05, 4.69) is 73.0 Å². The van der Waals surface area contributed by atoms with Gasteiger partial charge in [-0.2, -0.15) is 0 Å². The Hall–Kier alpha value is -6.73. The standard InChI is InChI=1S/C60H77N9O8S/c1-9-68(46-20-26-77-27-21-46)50-30-45(29-48(39(50)4)56(73)62-33-49-37(2)28-38(3)64-57(49)74)43-14-12-42(13-15-43)34-66-22-24-67(25-23-66)53(72)19-18-52(71)65-55(60(6,7)8)59(76)69-35-47(70)31-51(69)58(75)61-32-41-10-16-44(17-11-41)54-40(5)63-36-78-54/h10-17,28-30,36,46-47,51,55,70H,9,18-27,31-35H2,1-8H3,(H,61,75)(H,62,73)(H,64,74)(H,65,71)/t47-,51+,55-/m1/s1. The number of likely N-dealkylation sites (tertiary alicyclic amines) is 1. The molecule has 3 atom stereocenters. The first-order chi connectivity index (χ1) is 37.3. The van der Waals surface area contributed by atoms with Crippen molar-refractivity contribution in [3.63, 3.8) is 0 Å². The number of rotatable bonds is 18. The fraction of sp³-hybridized carbons (Fsp3) is 0.483. The molecule has 3 aliphatic heterocycles. The predicted molar refractivity (Wildman–Crippen MR) is 304 cm³/mol. The van der Waals surface area contributed by atoms with Gasteiger partial charge in [-0.1, -0.05) is 69.3 Å². The van der Waals surface area contributed by atoms with Gasteiger partial charge in [0.15, 0.2) is 0 Å². The molecular weight excluding hydrogens is 1010 g/mol. The van der Waals surface area contributed by atoms with Crippen LogP contribution >= 0.6 is 11.3 Å². The number of hydrogen-bond donors (Lipinski definition) is 5. The third kappa shape index (κ3) is 13.9. The number of benzene rings is 3. The molecule has 2 aromatic heterocycles. The van der Waals surface area contributed by atoms with Gasteiger partial charge in [0.2, 0.25) is 23.6 Å². The summed E-state index contributed by atoms with van der Waals surface area (Å²) in [5, 5.41) is 19.5. The summed E-state index contributed by atoms with van der Waals surface area (Å²) in [6.45, 7) is 20.8. The number of hydrogen-bond acceptors (Lipinski definition) is 12. The highest BCUT2D eigenvalue weighted by molar-refractivity contribution is 7.13. The largest absolute Gasteiger partial charge is 0.391 e. The fourth-order valence-electron chi connectivity index (χ4n) is 11.0. The Morgan fingerprint density at radius 3 is 2.18 bits per heavy atom. The Labute approximate surface area is 462 Å². The van der Waals surface area contributed by atoms with Gasteiger partial charge in [0.05, 0.1) is 22.2 Å². The van der Waals surface area contributed by atoms with Gasteiger partial charge in [0, 0.05) is 120 Å². The molecule has 5 N–H and O–H groups in total. The molecule has 3 fully saturated rings. The SMILES string of the molecule is CCN(c1cc(-c2ccc(CN3CCN(C(=O)CCC(=O)N[C@H](C(=O)N4C[C@H](O)C[C@H]4C(=O)NCc4ccc(-c5scnc5C)cc4)C(C)(C)C)CC3)cc2)cc(C(=O)NCc2c(C)cc(C)[nH]c2=O)c1C)C1CCOCC1. The van der Waals surface area contributed by atoms with E-state index >= 15 is 0 Å². The van der Waals surface area contributed by atoms with Crippen LogP contribution in [-0.4, -0.2) is 136 Å². The maximum Gasteiger partial charge on any atom is 0.253 e. The number of ether oxygens (including phenoxy) is 1. The molecule has 0 aliphatic carbocycles. The van der Waals surface area contributed by atoms with E-state index in [-0.39, 0.29) is 68.2 Å². The van der Waals surface area contributed by atoms with Crippen LogP contribution in [0.15, 0.2) is 77.0 Å². The van der Waals surface area contributed by atoms with Gasteiger partial charge in [0.25, 0.3) is 11.5 Å². The van der Waals surface area contributed by atoms with Crippen molar-refractivity contribution in [2.45, 2.75) is 131 Å².